The van der Waals surface area contributed by atoms with E-state index in [1.54, 1.807) is 6.20 Å². The zero-order valence-corrected chi connectivity index (χ0v) is 14.3. The van der Waals surface area contributed by atoms with Gasteiger partial charge < -0.3 is 20.9 Å². The fourth-order valence-corrected chi connectivity index (χ4v) is 3.63. The normalized spacial score (nSPS) is 16.9. The van der Waals surface area contributed by atoms with Gasteiger partial charge in [0.1, 0.15) is 11.5 Å². The molecule has 1 saturated heterocycles. The highest BCUT2D eigenvalue weighted by molar-refractivity contribution is 6.14. The summed E-state index contributed by atoms with van der Waals surface area (Å²) in [6, 6.07) is 2.59. The van der Waals surface area contributed by atoms with Gasteiger partial charge in [-0.15, -0.1) is 0 Å². The smallest absolute Gasteiger partial charge is 0.147 e. The van der Waals surface area contributed by atoms with Crippen LogP contribution in [0.15, 0.2) is 18.5 Å². The van der Waals surface area contributed by atoms with E-state index < -0.39 is 0 Å². The van der Waals surface area contributed by atoms with E-state index in [2.05, 4.69) is 45.1 Å². The van der Waals surface area contributed by atoms with E-state index in [-0.39, 0.29) is 0 Å². The van der Waals surface area contributed by atoms with Crippen LogP contribution >= 0.6 is 0 Å². The molecular formula is C18H24N6. The Kier molecular flexibility index (Phi) is 3.76. The maximum Gasteiger partial charge on any atom is 0.147 e. The van der Waals surface area contributed by atoms with Crippen LogP contribution < -0.4 is 11.1 Å². The molecule has 0 radical (unpaired) electrons. The monoisotopic (exact) mass is 324 g/mol. The fraction of sp³-hybridized carbons (Fsp3) is 0.444. The summed E-state index contributed by atoms with van der Waals surface area (Å²) < 4.78 is 0. The highest BCUT2D eigenvalue weighted by Crippen LogP contribution is 2.35. The number of nitrogen functional groups attached to an aromatic ring is 1. The lowest BCUT2D eigenvalue weighted by atomic mass is 10.0. The predicted octanol–water partition coefficient (Wildman–Crippen LogP) is 2.90. The van der Waals surface area contributed by atoms with Crippen LogP contribution in [0.4, 0.5) is 11.5 Å². The molecule has 4 N–H and O–H groups in total. The van der Waals surface area contributed by atoms with Gasteiger partial charge in [-0.05, 0) is 37.9 Å². The summed E-state index contributed by atoms with van der Waals surface area (Å²) in [4.78, 5) is 14.7. The van der Waals surface area contributed by atoms with Crippen LogP contribution in [0.3, 0.4) is 0 Å². The molecule has 24 heavy (non-hydrogen) atoms. The minimum atomic E-state index is 0.435. The van der Waals surface area contributed by atoms with Crippen LogP contribution in [0.5, 0.6) is 0 Å². The Labute approximate surface area is 141 Å². The second-order valence-corrected chi connectivity index (χ2v) is 6.69. The van der Waals surface area contributed by atoms with E-state index in [1.165, 1.54) is 0 Å². The Bertz CT molecular complexity index is 876. The quantitative estimate of drug-likeness (QED) is 0.690. The molecule has 6 heteroatoms. The van der Waals surface area contributed by atoms with Crippen molar-refractivity contribution in [3.63, 3.8) is 0 Å². The number of piperidine rings is 1. The number of aromatic nitrogens is 3. The molecule has 1 aliphatic rings. The summed E-state index contributed by atoms with van der Waals surface area (Å²) in [7, 11) is 0. The minimum absolute atomic E-state index is 0.435. The van der Waals surface area contributed by atoms with E-state index >= 15 is 0 Å². The second-order valence-electron chi connectivity index (χ2n) is 6.69. The van der Waals surface area contributed by atoms with Crippen molar-refractivity contribution < 1.29 is 0 Å². The number of nitrogens with one attached hydrogen (secondary N) is 2. The maximum absolute atomic E-state index is 6.23. The van der Waals surface area contributed by atoms with Gasteiger partial charge in [0.25, 0.3) is 0 Å². The summed E-state index contributed by atoms with van der Waals surface area (Å²) in [6.07, 6.45) is 5.93. The van der Waals surface area contributed by atoms with Crippen molar-refractivity contribution in [1.82, 2.24) is 19.9 Å². The molecule has 0 amide bonds. The number of likely N-dealkylation sites (tertiary alicyclic amines) is 1. The summed E-state index contributed by atoms with van der Waals surface area (Å²) in [5, 5.41) is 5.88. The summed E-state index contributed by atoms with van der Waals surface area (Å²) >= 11 is 0. The van der Waals surface area contributed by atoms with Crippen molar-refractivity contribution in [2.45, 2.75) is 32.7 Å². The Morgan fingerprint density at radius 1 is 1.29 bits per heavy atom. The molecule has 1 aliphatic heterocycles. The zero-order valence-electron chi connectivity index (χ0n) is 14.3. The highest BCUT2D eigenvalue weighted by Gasteiger charge is 2.21. The molecule has 0 saturated carbocycles. The third kappa shape index (κ3) is 2.57. The van der Waals surface area contributed by atoms with Crippen molar-refractivity contribution in [1.29, 1.82) is 0 Å². The highest BCUT2D eigenvalue weighted by atomic mass is 15.1. The van der Waals surface area contributed by atoms with Crippen LogP contribution in [0, 0.1) is 6.92 Å². The minimum Gasteiger partial charge on any atom is -0.382 e. The number of anilines is 2. The van der Waals surface area contributed by atoms with Gasteiger partial charge in [0.2, 0.25) is 0 Å². The molecule has 0 bridgehead atoms. The lowest BCUT2D eigenvalue weighted by Gasteiger charge is -2.32. The largest absolute Gasteiger partial charge is 0.382 e. The lowest BCUT2D eigenvalue weighted by molar-refractivity contribution is 0.229. The van der Waals surface area contributed by atoms with Gasteiger partial charge in [0.05, 0.1) is 17.4 Å². The number of hydrogen-bond acceptors (Lipinski definition) is 5. The second kappa shape index (κ2) is 5.94. The van der Waals surface area contributed by atoms with Crippen molar-refractivity contribution in [2.24, 2.45) is 0 Å². The number of nitrogens with zero attached hydrogens (tertiary/aromatic N) is 3. The Balaban J connectivity index is 1.75. The molecule has 0 aromatic carbocycles. The number of pyridine rings is 2. The molecule has 4 heterocycles. The first-order chi connectivity index (χ1) is 11.7. The molecule has 3 aromatic heterocycles. The van der Waals surface area contributed by atoms with Crippen LogP contribution in [-0.4, -0.2) is 45.5 Å². The molecule has 126 valence electrons. The van der Waals surface area contributed by atoms with Crippen LogP contribution in [0.2, 0.25) is 0 Å². The van der Waals surface area contributed by atoms with Gasteiger partial charge in [-0.1, -0.05) is 6.92 Å². The number of aryl methyl sites for hydroxylation is 1. The van der Waals surface area contributed by atoms with Gasteiger partial charge in [-0.25, -0.2) is 9.97 Å². The van der Waals surface area contributed by atoms with Crippen molar-refractivity contribution >= 4 is 33.4 Å². The van der Waals surface area contributed by atoms with Gasteiger partial charge in [0.15, 0.2) is 0 Å². The third-order valence-electron chi connectivity index (χ3n) is 5.04. The molecular weight excluding hydrogens is 300 g/mol. The SMILES string of the molecule is CCN1CCC(Nc2c(N)ncc3[nH]c4ncc(C)cc4c23)CC1. The van der Waals surface area contributed by atoms with E-state index in [0.29, 0.717) is 11.9 Å². The van der Waals surface area contributed by atoms with Crippen LogP contribution in [-0.2, 0) is 0 Å². The molecule has 0 spiro atoms. The first-order valence-electron chi connectivity index (χ1n) is 8.67. The molecule has 0 atom stereocenters. The first-order valence-corrected chi connectivity index (χ1v) is 8.67. The fourth-order valence-electron chi connectivity index (χ4n) is 3.63. The average Bonchev–Trinajstić information content (AvgIpc) is 2.96. The Hall–Kier alpha value is -2.34. The van der Waals surface area contributed by atoms with Gasteiger partial charge in [-0.2, -0.15) is 0 Å². The molecule has 6 nitrogen and oxygen atoms in total. The van der Waals surface area contributed by atoms with E-state index in [9.17, 15) is 0 Å². The van der Waals surface area contributed by atoms with E-state index in [1.807, 2.05) is 6.20 Å². The number of rotatable bonds is 3. The molecule has 0 aliphatic carbocycles. The summed E-state index contributed by atoms with van der Waals surface area (Å²) in [6.45, 7) is 7.67. The van der Waals surface area contributed by atoms with Crippen molar-refractivity contribution in [2.75, 3.05) is 30.7 Å². The Morgan fingerprint density at radius 2 is 2.08 bits per heavy atom. The van der Waals surface area contributed by atoms with Gasteiger partial charge in [-0.3, -0.25) is 0 Å². The van der Waals surface area contributed by atoms with Gasteiger partial charge >= 0.3 is 0 Å². The number of hydrogen-bond donors (Lipinski definition) is 3. The third-order valence-corrected chi connectivity index (χ3v) is 5.04. The van der Waals surface area contributed by atoms with E-state index in [4.69, 9.17) is 5.73 Å². The first kappa shape index (κ1) is 15.2. The average molecular weight is 324 g/mol. The molecule has 1 fully saturated rings. The number of aromatic amines is 1. The predicted molar refractivity (Wildman–Crippen MR) is 99.3 cm³/mol. The molecule has 4 rings (SSSR count). The van der Waals surface area contributed by atoms with E-state index in [0.717, 1.165) is 65.7 Å². The lowest BCUT2D eigenvalue weighted by Crippen LogP contribution is -2.39. The Morgan fingerprint density at radius 3 is 2.83 bits per heavy atom. The molecule has 3 aromatic rings. The zero-order chi connectivity index (χ0) is 16.7. The van der Waals surface area contributed by atoms with Crippen LogP contribution in [0.1, 0.15) is 25.3 Å². The maximum atomic E-state index is 6.23. The standard InChI is InChI=1S/C18H24N6/c1-3-24-6-4-12(5-7-24)22-16-15-13-8-11(2)9-21-18(13)23-14(15)10-20-17(16)19/h8-10,12,22H,3-7H2,1-2H3,(H2,19,20)(H,21,23). The topological polar surface area (TPSA) is 82.9 Å². The van der Waals surface area contributed by atoms with Gasteiger partial charge in [0, 0.05) is 36.1 Å². The molecule has 0 unspecified atom stereocenters. The van der Waals surface area contributed by atoms with Crippen molar-refractivity contribution in [3.8, 4) is 0 Å². The van der Waals surface area contributed by atoms with Crippen molar-refractivity contribution in [3.05, 3.63) is 24.0 Å². The van der Waals surface area contributed by atoms with Crippen LogP contribution in [0.25, 0.3) is 21.9 Å². The summed E-state index contributed by atoms with van der Waals surface area (Å²) in [5.41, 5.74) is 10.2. The number of fused-ring (bicyclic) bond motifs is 3. The number of H-pyrrole nitrogens is 1. The number of nitrogens with two attached hydrogens (primary N) is 1. The summed E-state index contributed by atoms with van der Waals surface area (Å²) in [5.74, 6) is 0.558.